The minimum atomic E-state index is -0.759. The lowest BCUT2D eigenvalue weighted by molar-refractivity contribution is -0.119. The lowest BCUT2D eigenvalue weighted by Crippen LogP contribution is -2.23. The minimum absolute atomic E-state index is 0.150. The zero-order valence-electron chi connectivity index (χ0n) is 20.1. The van der Waals surface area contributed by atoms with Gasteiger partial charge >= 0.3 is 5.97 Å². The van der Waals surface area contributed by atoms with Crippen molar-refractivity contribution >= 4 is 28.8 Å². The number of fused-ring (bicyclic) bond motifs is 1. The maximum Gasteiger partial charge on any atom is 0.339 e. The molecule has 0 unspecified atom stereocenters. The van der Waals surface area contributed by atoms with E-state index >= 15 is 0 Å². The van der Waals surface area contributed by atoms with Crippen LogP contribution in [0.15, 0.2) is 57.6 Å². The van der Waals surface area contributed by atoms with E-state index in [4.69, 9.17) is 13.7 Å². The molecule has 0 atom stereocenters. The third-order valence-electron chi connectivity index (χ3n) is 5.64. The van der Waals surface area contributed by atoms with Crippen LogP contribution in [0.3, 0.4) is 0 Å². The number of nitrogens with one attached hydrogen (secondary N) is 1. The quantitative estimate of drug-likeness (QED) is 0.340. The number of aryl methyl sites for hydroxylation is 3. The highest BCUT2D eigenvalue weighted by atomic mass is 16.5. The number of carbonyl (C=O) groups excluding carboxylic acids is 2. The largest absolute Gasteiger partial charge is 0.466 e. The Morgan fingerprint density at radius 1 is 1.16 bits per heavy atom. The van der Waals surface area contributed by atoms with Gasteiger partial charge in [-0.2, -0.15) is 10.4 Å². The molecule has 0 aliphatic rings. The number of anilines is 1. The average molecular weight is 496 g/mol. The van der Waals surface area contributed by atoms with E-state index in [9.17, 15) is 14.9 Å². The van der Waals surface area contributed by atoms with Crippen LogP contribution < -0.4 is 5.32 Å². The summed E-state index contributed by atoms with van der Waals surface area (Å²) in [6.07, 6.45) is 1.35. The second-order valence-electron chi connectivity index (χ2n) is 8.22. The van der Waals surface area contributed by atoms with E-state index in [-0.39, 0.29) is 22.7 Å². The fraction of sp³-hybridized carbons (Fsp3) is 0.154. The summed E-state index contributed by atoms with van der Waals surface area (Å²) in [5.41, 5.74) is 2.71. The number of nitrogens with zero attached hydrogens (tertiary/aromatic N) is 5. The molecule has 1 amide bonds. The number of pyridine rings is 1. The van der Waals surface area contributed by atoms with Crippen molar-refractivity contribution in [3.8, 4) is 23.0 Å². The Balaban J connectivity index is 1.39. The molecule has 1 aromatic carbocycles. The summed E-state index contributed by atoms with van der Waals surface area (Å²) in [4.78, 5) is 30.3. The minimum Gasteiger partial charge on any atom is -0.466 e. The molecule has 0 fully saturated rings. The Hall–Kier alpha value is -5.24. The highest BCUT2D eigenvalue weighted by Gasteiger charge is 2.23. The predicted octanol–water partition coefficient (Wildman–Crippen LogP) is 4.26. The van der Waals surface area contributed by atoms with Gasteiger partial charge in [-0.15, -0.1) is 0 Å². The van der Waals surface area contributed by atoms with Crippen molar-refractivity contribution in [2.45, 2.75) is 20.8 Å². The molecule has 184 valence electrons. The van der Waals surface area contributed by atoms with Gasteiger partial charge in [-0.05, 0) is 45.0 Å². The van der Waals surface area contributed by atoms with Crippen molar-refractivity contribution in [3.63, 3.8) is 0 Å². The summed E-state index contributed by atoms with van der Waals surface area (Å²) in [7, 11) is 0. The van der Waals surface area contributed by atoms with Crippen LogP contribution in [0, 0.1) is 32.1 Å². The molecule has 4 heterocycles. The van der Waals surface area contributed by atoms with Gasteiger partial charge < -0.3 is 19.0 Å². The van der Waals surface area contributed by atoms with Crippen molar-refractivity contribution < 1.29 is 23.3 Å². The SMILES string of the molecule is Cc1cc(-c2cc(C(=O)OCC(=O)Nc3c(C#N)cnn3-c3ccccc3)c3c(C)noc3n2)c(C)o1. The van der Waals surface area contributed by atoms with E-state index in [2.05, 4.69) is 20.6 Å². The van der Waals surface area contributed by atoms with Gasteiger partial charge in [0.2, 0.25) is 0 Å². The zero-order valence-corrected chi connectivity index (χ0v) is 20.1. The number of ether oxygens (including phenoxy) is 1. The van der Waals surface area contributed by atoms with Crippen molar-refractivity contribution in [1.82, 2.24) is 19.9 Å². The Labute approximate surface area is 210 Å². The van der Waals surface area contributed by atoms with Crippen molar-refractivity contribution in [2.75, 3.05) is 11.9 Å². The molecule has 0 aliphatic carbocycles. The van der Waals surface area contributed by atoms with Crippen LogP contribution in [0.1, 0.15) is 33.1 Å². The number of amides is 1. The van der Waals surface area contributed by atoms with Gasteiger partial charge in [-0.25, -0.2) is 14.5 Å². The number of furan rings is 1. The van der Waals surface area contributed by atoms with Gasteiger partial charge in [0.05, 0.1) is 34.2 Å². The van der Waals surface area contributed by atoms with E-state index in [0.29, 0.717) is 39.5 Å². The molecule has 11 nitrogen and oxygen atoms in total. The Kier molecular flexibility index (Phi) is 5.99. The van der Waals surface area contributed by atoms with Crippen LogP contribution in [0.2, 0.25) is 0 Å². The second-order valence-corrected chi connectivity index (χ2v) is 8.22. The van der Waals surface area contributed by atoms with Gasteiger partial charge in [-0.1, -0.05) is 23.4 Å². The first-order valence-electron chi connectivity index (χ1n) is 11.2. The molecular weight excluding hydrogens is 476 g/mol. The highest BCUT2D eigenvalue weighted by molar-refractivity contribution is 6.05. The molecule has 1 N–H and O–H groups in total. The predicted molar refractivity (Wildman–Crippen MR) is 131 cm³/mol. The summed E-state index contributed by atoms with van der Waals surface area (Å²) in [5.74, 6) is 0.0866. The third kappa shape index (κ3) is 4.43. The lowest BCUT2D eigenvalue weighted by Gasteiger charge is -2.10. The maximum absolute atomic E-state index is 13.1. The van der Waals surface area contributed by atoms with Crippen molar-refractivity contribution in [2.24, 2.45) is 0 Å². The molecule has 0 spiro atoms. The molecule has 0 aliphatic heterocycles. The highest BCUT2D eigenvalue weighted by Crippen LogP contribution is 2.31. The zero-order chi connectivity index (χ0) is 26.1. The molecular formula is C26H20N6O5. The molecule has 5 rings (SSSR count). The fourth-order valence-corrected chi connectivity index (χ4v) is 3.97. The van der Waals surface area contributed by atoms with Crippen LogP contribution in [-0.4, -0.2) is 38.4 Å². The standard InChI is InChI=1S/C26H20N6O5/c1-14-9-19(16(3)36-14)21-10-20(23-15(2)31-37-25(23)29-21)26(34)35-13-22(33)30-24-17(11-27)12-28-32(24)18-7-5-4-6-8-18/h4-10,12H,13H2,1-3H3,(H,30,33). The van der Waals surface area contributed by atoms with Gasteiger partial charge in [0, 0.05) is 5.56 Å². The topological polar surface area (TPSA) is 149 Å². The smallest absolute Gasteiger partial charge is 0.339 e. The Morgan fingerprint density at radius 3 is 2.65 bits per heavy atom. The number of para-hydroxylation sites is 1. The Bertz CT molecular complexity index is 1690. The van der Waals surface area contributed by atoms with Gasteiger partial charge in [0.1, 0.15) is 23.2 Å². The van der Waals surface area contributed by atoms with Crippen molar-refractivity contribution in [3.05, 3.63) is 77.0 Å². The number of benzene rings is 1. The normalized spacial score (nSPS) is 10.9. The summed E-state index contributed by atoms with van der Waals surface area (Å²) in [6.45, 7) is 4.68. The number of rotatable bonds is 6. The van der Waals surface area contributed by atoms with E-state index < -0.39 is 18.5 Å². The second kappa shape index (κ2) is 9.43. The van der Waals surface area contributed by atoms with Crippen LogP contribution in [0.4, 0.5) is 5.82 Å². The first kappa shape index (κ1) is 23.5. The van der Waals surface area contributed by atoms with Gasteiger partial charge in [0.15, 0.2) is 12.4 Å². The lowest BCUT2D eigenvalue weighted by atomic mass is 10.1. The number of hydrogen-bond acceptors (Lipinski definition) is 9. The molecule has 0 saturated carbocycles. The molecule has 11 heteroatoms. The maximum atomic E-state index is 13.1. The number of carbonyl (C=O) groups is 2. The molecule has 0 bridgehead atoms. The first-order valence-corrected chi connectivity index (χ1v) is 11.2. The number of esters is 1. The van der Waals surface area contributed by atoms with Crippen molar-refractivity contribution in [1.29, 1.82) is 5.26 Å². The number of hydrogen-bond donors (Lipinski definition) is 1. The number of nitriles is 1. The van der Waals surface area contributed by atoms with Crippen LogP contribution in [-0.2, 0) is 9.53 Å². The molecule has 0 radical (unpaired) electrons. The fourth-order valence-electron chi connectivity index (χ4n) is 3.97. The number of aromatic nitrogens is 4. The summed E-state index contributed by atoms with van der Waals surface area (Å²) in [5, 5.41) is 20.5. The van der Waals surface area contributed by atoms with Gasteiger partial charge in [-0.3, -0.25) is 4.79 Å². The molecule has 5 aromatic rings. The summed E-state index contributed by atoms with van der Waals surface area (Å²) in [6, 6.07) is 14.4. The average Bonchev–Trinajstić information content (AvgIpc) is 3.58. The van der Waals surface area contributed by atoms with Crippen LogP contribution in [0.5, 0.6) is 0 Å². The first-order chi connectivity index (χ1) is 17.9. The monoisotopic (exact) mass is 496 g/mol. The summed E-state index contributed by atoms with van der Waals surface area (Å²) >= 11 is 0. The molecule has 37 heavy (non-hydrogen) atoms. The van der Waals surface area contributed by atoms with E-state index in [1.54, 1.807) is 50.2 Å². The van der Waals surface area contributed by atoms with E-state index in [0.717, 1.165) is 0 Å². The Morgan fingerprint density at radius 2 is 1.95 bits per heavy atom. The van der Waals surface area contributed by atoms with Crippen LogP contribution in [0.25, 0.3) is 28.0 Å². The van der Waals surface area contributed by atoms with Crippen LogP contribution >= 0.6 is 0 Å². The van der Waals surface area contributed by atoms with E-state index in [1.807, 2.05) is 19.1 Å². The third-order valence-corrected chi connectivity index (χ3v) is 5.64. The molecule has 4 aromatic heterocycles. The van der Waals surface area contributed by atoms with E-state index in [1.165, 1.54) is 10.9 Å². The molecule has 0 saturated heterocycles. The van der Waals surface area contributed by atoms with Gasteiger partial charge in [0.25, 0.3) is 11.6 Å². The summed E-state index contributed by atoms with van der Waals surface area (Å²) < 4.78 is 17.7.